The molecule has 0 aromatic heterocycles. The Morgan fingerprint density at radius 1 is 1.07 bits per heavy atom. The molecule has 0 N–H and O–H groups in total. The van der Waals surface area contributed by atoms with Gasteiger partial charge in [0.15, 0.2) is 11.5 Å². The van der Waals surface area contributed by atoms with Crippen molar-refractivity contribution in [1.82, 2.24) is 4.90 Å². The number of benzene rings is 3. The molecule has 3 aromatic rings. The summed E-state index contributed by atoms with van der Waals surface area (Å²) < 4.78 is 18.0. The molecule has 1 aliphatic rings. The standard InChI is InChI=1S/C31H29ClINO6S/c1-5-38-26-16-20(15-24(33)28(26)40-30(36)22-8-6-7-9-23(22)32)17-27-29(35)34(31(37)41-27)12-13-39-25-14-19(4)10-11-21(25)18(2)3/h6-11,14-18H,5,12-13H2,1-4H3/b27-17-. The lowest BCUT2D eigenvalue weighted by Gasteiger charge is -2.17. The molecule has 7 nitrogen and oxygen atoms in total. The number of rotatable bonds is 10. The van der Waals surface area contributed by atoms with Crippen LogP contribution < -0.4 is 14.2 Å². The van der Waals surface area contributed by atoms with Gasteiger partial charge in [-0.2, -0.15) is 0 Å². The monoisotopic (exact) mass is 705 g/mol. The molecule has 1 aliphatic heterocycles. The minimum Gasteiger partial charge on any atom is -0.491 e. The van der Waals surface area contributed by atoms with Gasteiger partial charge in [0.25, 0.3) is 11.1 Å². The van der Waals surface area contributed by atoms with Crippen LogP contribution in [0.3, 0.4) is 0 Å². The molecule has 41 heavy (non-hydrogen) atoms. The fraction of sp³-hybridized carbons (Fsp3) is 0.258. The molecular formula is C31H29ClINO6S. The number of carbonyl (C=O) groups is 3. The lowest BCUT2D eigenvalue weighted by atomic mass is 10.0. The Morgan fingerprint density at radius 3 is 2.54 bits per heavy atom. The first-order chi connectivity index (χ1) is 19.6. The first-order valence-corrected chi connectivity index (χ1v) is 15.3. The zero-order chi connectivity index (χ0) is 29.7. The number of halogens is 2. The second kappa shape index (κ2) is 13.8. The van der Waals surface area contributed by atoms with Gasteiger partial charge in [0.2, 0.25) is 0 Å². The zero-order valence-corrected chi connectivity index (χ0v) is 26.8. The van der Waals surface area contributed by atoms with Crippen LogP contribution in [0.15, 0.2) is 59.5 Å². The molecule has 214 valence electrons. The minimum absolute atomic E-state index is 0.131. The van der Waals surface area contributed by atoms with Gasteiger partial charge in [-0.05, 0) is 107 Å². The number of nitrogens with zero attached hydrogens (tertiary/aromatic N) is 1. The number of amides is 2. The quantitative estimate of drug-likeness (QED) is 0.0913. The van der Waals surface area contributed by atoms with E-state index in [9.17, 15) is 14.4 Å². The van der Waals surface area contributed by atoms with Crippen LogP contribution in [0.4, 0.5) is 4.79 Å². The normalized spacial score (nSPS) is 14.2. The third-order valence-corrected chi connectivity index (χ3v) is 8.19. The van der Waals surface area contributed by atoms with Gasteiger partial charge in [-0.3, -0.25) is 14.5 Å². The van der Waals surface area contributed by atoms with Crippen molar-refractivity contribution >= 4 is 69.1 Å². The molecule has 0 saturated carbocycles. The Bertz CT molecular complexity index is 1520. The van der Waals surface area contributed by atoms with Gasteiger partial charge in [-0.25, -0.2) is 4.79 Å². The minimum atomic E-state index is -0.614. The Labute approximate surface area is 262 Å². The Kier molecular flexibility index (Phi) is 10.4. The van der Waals surface area contributed by atoms with Gasteiger partial charge in [-0.15, -0.1) is 0 Å². The molecule has 0 atom stereocenters. The predicted octanol–water partition coefficient (Wildman–Crippen LogP) is 8.11. The second-order valence-electron chi connectivity index (χ2n) is 9.51. The van der Waals surface area contributed by atoms with Gasteiger partial charge in [0.1, 0.15) is 12.4 Å². The van der Waals surface area contributed by atoms with Crippen molar-refractivity contribution in [3.63, 3.8) is 0 Å². The number of thioether (sulfide) groups is 1. The average Bonchev–Trinajstić information content (AvgIpc) is 3.18. The summed E-state index contributed by atoms with van der Waals surface area (Å²) in [6.07, 6.45) is 1.63. The van der Waals surface area contributed by atoms with Crippen LogP contribution in [0.25, 0.3) is 6.08 Å². The van der Waals surface area contributed by atoms with Crippen molar-refractivity contribution in [2.24, 2.45) is 0 Å². The van der Waals surface area contributed by atoms with E-state index in [2.05, 4.69) is 13.8 Å². The first-order valence-electron chi connectivity index (χ1n) is 13.0. The van der Waals surface area contributed by atoms with E-state index in [1.54, 1.807) is 42.5 Å². The van der Waals surface area contributed by atoms with Crippen LogP contribution in [0.2, 0.25) is 5.02 Å². The summed E-state index contributed by atoms with van der Waals surface area (Å²) >= 11 is 9.07. The SMILES string of the molecule is CCOc1cc(/C=C2\SC(=O)N(CCOc3cc(C)ccc3C(C)C)C2=O)cc(I)c1OC(=O)c1ccccc1Cl. The summed E-state index contributed by atoms with van der Waals surface area (Å²) in [5.74, 6) is 0.613. The molecule has 0 spiro atoms. The molecule has 0 bridgehead atoms. The van der Waals surface area contributed by atoms with E-state index in [4.69, 9.17) is 25.8 Å². The number of ether oxygens (including phenoxy) is 3. The Hall–Kier alpha value is -3.02. The number of hydrogen-bond acceptors (Lipinski definition) is 7. The summed E-state index contributed by atoms with van der Waals surface area (Å²) in [7, 11) is 0. The fourth-order valence-corrected chi connectivity index (χ4v) is 5.96. The molecule has 1 saturated heterocycles. The molecule has 2 amide bonds. The van der Waals surface area contributed by atoms with Gasteiger partial charge >= 0.3 is 5.97 Å². The van der Waals surface area contributed by atoms with E-state index >= 15 is 0 Å². The lowest BCUT2D eigenvalue weighted by Crippen LogP contribution is -2.32. The third kappa shape index (κ3) is 7.44. The molecule has 3 aromatic carbocycles. The van der Waals surface area contributed by atoms with Gasteiger partial charge < -0.3 is 14.2 Å². The van der Waals surface area contributed by atoms with E-state index in [-0.39, 0.29) is 51.5 Å². The van der Waals surface area contributed by atoms with E-state index in [1.165, 1.54) is 4.90 Å². The van der Waals surface area contributed by atoms with Crippen molar-refractivity contribution in [1.29, 1.82) is 0 Å². The maximum Gasteiger partial charge on any atom is 0.345 e. The number of esters is 1. The molecule has 0 aliphatic carbocycles. The molecule has 4 rings (SSSR count). The highest BCUT2D eigenvalue weighted by Crippen LogP contribution is 2.38. The molecule has 1 heterocycles. The van der Waals surface area contributed by atoms with Crippen LogP contribution in [-0.4, -0.2) is 41.8 Å². The maximum absolute atomic E-state index is 13.1. The number of carbonyl (C=O) groups excluding carboxylic acids is 3. The second-order valence-corrected chi connectivity index (χ2v) is 12.1. The Balaban J connectivity index is 1.50. The summed E-state index contributed by atoms with van der Waals surface area (Å²) in [5.41, 5.74) is 3.00. The van der Waals surface area contributed by atoms with Crippen molar-refractivity contribution in [3.05, 3.63) is 90.3 Å². The summed E-state index contributed by atoms with van der Waals surface area (Å²) in [5, 5.41) is -0.0781. The molecule has 10 heteroatoms. The summed E-state index contributed by atoms with van der Waals surface area (Å²) in [4.78, 5) is 40.1. The molecular weight excluding hydrogens is 677 g/mol. The Morgan fingerprint density at radius 2 is 1.83 bits per heavy atom. The van der Waals surface area contributed by atoms with Crippen LogP contribution >= 0.6 is 46.0 Å². The van der Waals surface area contributed by atoms with Crippen LogP contribution in [-0.2, 0) is 4.79 Å². The van der Waals surface area contributed by atoms with E-state index in [1.807, 2.05) is 54.6 Å². The van der Waals surface area contributed by atoms with Gasteiger partial charge in [0, 0.05) is 0 Å². The smallest absolute Gasteiger partial charge is 0.345 e. The molecule has 1 fully saturated rings. The highest BCUT2D eigenvalue weighted by atomic mass is 127. The highest BCUT2D eigenvalue weighted by molar-refractivity contribution is 14.1. The highest BCUT2D eigenvalue weighted by Gasteiger charge is 2.35. The molecule has 0 radical (unpaired) electrons. The number of hydrogen-bond donors (Lipinski definition) is 0. The van der Waals surface area contributed by atoms with Crippen molar-refractivity contribution in [2.75, 3.05) is 19.8 Å². The van der Waals surface area contributed by atoms with Crippen LogP contribution in [0, 0.1) is 10.5 Å². The van der Waals surface area contributed by atoms with Gasteiger partial charge in [-0.1, -0.05) is 49.7 Å². The van der Waals surface area contributed by atoms with Crippen molar-refractivity contribution < 1.29 is 28.6 Å². The van der Waals surface area contributed by atoms with Crippen LogP contribution in [0.5, 0.6) is 17.2 Å². The number of aryl methyl sites for hydroxylation is 1. The maximum atomic E-state index is 13.1. The largest absolute Gasteiger partial charge is 0.491 e. The topological polar surface area (TPSA) is 82.1 Å². The van der Waals surface area contributed by atoms with Crippen LogP contribution in [0.1, 0.15) is 53.7 Å². The average molecular weight is 706 g/mol. The van der Waals surface area contributed by atoms with Gasteiger partial charge in [0.05, 0.1) is 32.2 Å². The molecule has 0 unspecified atom stereocenters. The fourth-order valence-electron chi connectivity index (χ4n) is 4.14. The first kappa shape index (κ1) is 30.9. The summed E-state index contributed by atoms with van der Waals surface area (Å²) in [6, 6.07) is 16.1. The third-order valence-electron chi connectivity index (χ3n) is 6.16. The predicted molar refractivity (Wildman–Crippen MR) is 170 cm³/mol. The number of imide groups is 1. The lowest BCUT2D eigenvalue weighted by molar-refractivity contribution is -0.123. The van der Waals surface area contributed by atoms with Crippen molar-refractivity contribution in [2.45, 2.75) is 33.6 Å². The van der Waals surface area contributed by atoms with Crippen molar-refractivity contribution in [3.8, 4) is 17.2 Å². The summed E-state index contributed by atoms with van der Waals surface area (Å²) in [6.45, 7) is 8.63. The van der Waals surface area contributed by atoms with E-state index in [0.29, 0.717) is 21.5 Å². The zero-order valence-electron chi connectivity index (χ0n) is 23.0. The van der Waals surface area contributed by atoms with E-state index in [0.717, 1.165) is 28.6 Å². The van der Waals surface area contributed by atoms with E-state index < -0.39 is 5.97 Å².